The lowest BCUT2D eigenvalue weighted by Gasteiger charge is -2.14. The fourth-order valence-electron chi connectivity index (χ4n) is 1.98. The highest BCUT2D eigenvalue weighted by atomic mass is 16.5. The Labute approximate surface area is 132 Å². The summed E-state index contributed by atoms with van der Waals surface area (Å²) >= 11 is 0. The molecule has 0 fully saturated rings. The van der Waals surface area contributed by atoms with Gasteiger partial charge in [-0.1, -0.05) is 49.8 Å². The van der Waals surface area contributed by atoms with Gasteiger partial charge in [0.2, 0.25) is 0 Å². The van der Waals surface area contributed by atoms with Gasteiger partial charge in [0.15, 0.2) is 0 Å². The van der Waals surface area contributed by atoms with E-state index in [0.717, 1.165) is 18.4 Å². The molecule has 0 saturated carbocycles. The second-order valence-corrected chi connectivity index (χ2v) is 5.23. The van der Waals surface area contributed by atoms with Gasteiger partial charge in [0, 0.05) is 12.8 Å². The number of rotatable bonds is 10. The van der Waals surface area contributed by atoms with Crippen molar-refractivity contribution in [3.63, 3.8) is 0 Å². The van der Waals surface area contributed by atoms with Gasteiger partial charge in [-0.25, -0.2) is 4.79 Å². The molecule has 0 bridgehead atoms. The maximum atomic E-state index is 11.7. The lowest BCUT2D eigenvalue weighted by atomic mass is 10.1. The SMILES string of the molecule is C=C[C@H](CCC(=O)CCCC)NC(=O)OCc1ccccc1. The molecule has 0 spiro atoms. The van der Waals surface area contributed by atoms with Crippen molar-refractivity contribution in [3.8, 4) is 0 Å². The third-order valence-corrected chi connectivity index (χ3v) is 3.34. The van der Waals surface area contributed by atoms with Crippen molar-refractivity contribution < 1.29 is 14.3 Å². The van der Waals surface area contributed by atoms with Crippen molar-refractivity contribution in [2.24, 2.45) is 0 Å². The minimum Gasteiger partial charge on any atom is -0.445 e. The lowest BCUT2D eigenvalue weighted by Crippen LogP contribution is -2.34. The Kier molecular flexibility index (Phi) is 8.65. The largest absolute Gasteiger partial charge is 0.445 e. The van der Waals surface area contributed by atoms with E-state index in [9.17, 15) is 9.59 Å². The molecule has 1 N–H and O–H groups in total. The van der Waals surface area contributed by atoms with Gasteiger partial charge in [-0.05, 0) is 18.4 Å². The number of ketones is 1. The van der Waals surface area contributed by atoms with Gasteiger partial charge in [-0.3, -0.25) is 4.79 Å². The molecule has 0 aliphatic heterocycles. The number of carbonyl (C=O) groups is 2. The van der Waals surface area contributed by atoms with E-state index in [1.54, 1.807) is 6.08 Å². The predicted octanol–water partition coefficient (Wildman–Crippen LogP) is 4.01. The minimum atomic E-state index is -0.491. The molecule has 1 aromatic carbocycles. The van der Waals surface area contributed by atoms with E-state index < -0.39 is 6.09 Å². The van der Waals surface area contributed by atoms with Crippen LogP contribution in [0.25, 0.3) is 0 Å². The Morgan fingerprint density at radius 1 is 1.27 bits per heavy atom. The molecule has 120 valence electrons. The Bertz CT molecular complexity index is 470. The van der Waals surface area contributed by atoms with E-state index in [1.807, 2.05) is 30.3 Å². The lowest BCUT2D eigenvalue weighted by molar-refractivity contribution is -0.119. The maximum absolute atomic E-state index is 11.7. The molecular formula is C18H25NO3. The highest BCUT2D eigenvalue weighted by Crippen LogP contribution is 2.06. The third-order valence-electron chi connectivity index (χ3n) is 3.34. The number of Topliss-reactive ketones (excluding diaryl/α,β-unsaturated/α-hetero) is 1. The van der Waals surface area contributed by atoms with Crippen LogP contribution in [-0.2, 0) is 16.1 Å². The fourth-order valence-corrected chi connectivity index (χ4v) is 1.98. The molecule has 0 saturated heterocycles. The smallest absolute Gasteiger partial charge is 0.407 e. The molecule has 4 heteroatoms. The summed E-state index contributed by atoms with van der Waals surface area (Å²) in [5.41, 5.74) is 0.933. The number of hydrogen-bond acceptors (Lipinski definition) is 3. The van der Waals surface area contributed by atoms with Gasteiger partial charge < -0.3 is 10.1 Å². The van der Waals surface area contributed by atoms with E-state index in [-0.39, 0.29) is 18.4 Å². The Morgan fingerprint density at radius 3 is 2.64 bits per heavy atom. The molecule has 1 aromatic rings. The van der Waals surface area contributed by atoms with E-state index in [1.165, 1.54) is 0 Å². The first-order valence-corrected chi connectivity index (χ1v) is 7.77. The number of ether oxygens (including phenoxy) is 1. The van der Waals surface area contributed by atoms with Crippen LogP contribution >= 0.6 is 0 Å². The summed E-state index contributed by atoms with van der Waals surface area (Å²) in [6.07, 6.45) is 4.71. The standard InChI is InChI=1S/C18H25NO3/c1-3-5-11-17(20)13-12-16(4-2)19-18(21)22-14-15-9-7-6-8-10-15/h4,6-10,16H,2-3,5,11-14H2,1H3,(H,19,21)/t16-/m1/s1. The number of alkyl carbamates (subject to hydrolysis) is 1. The van der Waals surface area contributed by atoms with Crippen LogP contribution < -0.4 is 5.32 Å². The quantitative estimate of drug-likeness (QED) is 0.664. The van der Waals surface area contributed by atoms with Crippen molar-refractivity contribution >= 4 is 11.9 Å². The number of amides is 1. The molecule has 22 heavy (non-hydrogen) atoms. The Balaban J connectivity index is 2.28. The summed E-state index contributed by atoms with van der Waals surface area (Å²) in [6, 6.07) is 9.24. The van der Waals surface area contributed by atoms with Crippen LogP contribution in [0.4, 0.5) is 4.79 Å². The third kappa shape index (κ3) is 7.62. The second kappa shape index (κ2) is 10.6. The number of nitrogens with one attached hydrogen (secondary N) is 1. The van der Waals surface area contributed by atoms with Crippen molar-refractivity contribution in [1.29, 1.82) is 0 Å². The van der Waals surface area contributed by atoms with Gasteiger partial charge in [0.05, 0.1) is 6.04 Å². The summed E-state index contributed by atoms with van der Waals surface area (Å²) in [5.74, 6) is 0.230. The predicted molar refractivity (Wildman–Crippen MR) is 87.5 cm³/mol. The van der Waals surface area contributed by atoms with Crippen LogP contribution in [-0.4, -0.2) is 17.9 Å². The van der Waals surface area contributed by atoms with E-state index >= 15 is 0 Å². The van der Waals surface area contributed by atoms with Crippen LogP contribution in [0.15, 0.2) is 43.0 Å². The Hall–Kier alpha value is -2.10. The zero-order valence-electron chi connectivity index (χ0n) is 13.2. The summed E-state index contributed by atoms with van der Waals surface area (Å²) < 4.78 is 5.15. The van der Waals surface area contributed by atoms with Crippen LogP contribution in [0.2, 0.25) is 0 Å². The Morgan fingerprint density at radius 2 is 2.00 bits per heavy atom. The summed E-state index contributed by atoms with van der Waals surface area (Å²) in [7, 11) is 0. The molecule has 0 unspecified atom stereocenters. The number of carbonyl (C=O) groups excluding carboxylic acids is 2. The average Bonchev–Trinajstić information content (AvgIpc) is 2.55. The number of hydrogen-bond donors (Lipinski definition) is 1. The van der Waals surface area contributed by atoms with E-state index in [2.05, 4.69) is 18.8 Å². The van der Waals surface area contributed by atoms with E-state index in [0.29, 0.717) is 19.3 Å². The second-order valence-electron chi connectivity index (χ2n) is 5.23. The van der Waals surface area contributed by atoms with Gasteiger partial charge in [0.25, 0.3) is 0 Å². The number of benzene rings is 1. The van der Waals surface area contributed by atoms with Gasteiger partial charge in [-0.15, -0.1) is 6.58 Å². The number of unbranched alkanes of at least 4 members (excludes halogenated alkanes) is 1. The van der Waals surface area contributed by atoms with Crippen molar-refractivity contribution in [3.05, 3.63) is 48.6 Å². The van der Waals surface area contributed by atoms with Crippen molar-refractivity contribution in [2.75, 3.05) is 0 Å². The molecule has 0 radical (unpaired) electrons. The average molecular weight is 303 g/mol. The van der Waals surface area contributed by atoms with Gasteiger partial charge in [0.1, 0.15) is 12.4 Å². The molecule has 0 aliphatic rings. The zero-order chi connectivity index (χ0) is 16.2. The van der Waals surface area contributed by atoms with Crippen molar-refractivity contribution in [1.82, 2.24) is 5.32 Å². The first kappa shape index (κ1) is 18.0. The highest BCUT2D eigenvalue weighted by molar-refractivity contribution is 5.78. The van der Waals surface area contributed by atoms with Crippen LogP contribution in [0, 0.1) is 0 Å². The highest BCUT2D eigenvalue weighted by Gasteiger charge is 2.12. The molecule has 0 heterocycles. The monoisotopic (exact) mass is 303 g/mol. The van der Waals surface area contributed by atoms with Gasteiger partial charge >= 0.3 is 6.09 Å². The van der Waals surface area contributed by atoms with Crippen LogP contribution in [0.3, 0.4) is 0 Å². The molecular weight excluding hydrogens is 278 g/mol. The van der Waals surface area contributed by atoms with Crippen LogP contribution in [0.1, 0.15) is 44.6 Å². The van der Waals surface area contributed by atoms with E-state index in [4.69, 9.17) is 4.74 Å². The summed E-state index contributed by atoms with van der Waals surface area (Å²) in [4.78, 5) is 23.4. The first-order chi connectivity index (χ1) is 10.7. The molecule has 1 atom stereocenters. The minimum absolute atomic E-state index is 0.228. The fraction of sp³-hybridized carbons (Fsp3) is 0.444. The molecule has 0 aliphatic carbocycles. The van der Waals surface area contributed by atoms with Gasteiger partial charge in [-0.2, -0.15) is 0 Å². The van der Waals surface area contributed by atoms with Crippen LogP contribution in [0.5, 0.6) is 0 Å². The normalized spacial score (nSPS) is 11.5. The summed E-state index contributed by atoms with van der Waals surface area (Å²) in [6.45, 7) is 5.98. The molecule has 0 aromatic heterocycles. The summed E-state index contributed by atoms with van der Waals surface area (Å²) in [5, 5.41) is 2.72. The van der Waals surface area contributed by atoms with Crippen molar-refractivity contribution in [2.45, 2.75) is 51.7 Å². The first-order valence-electron chi connectivity index (χ1n) is 7.77. The zero-order valence-corrected chi connectivity index (χ0v) is 13.2. The maximum Gasteiger partial charge on any atom is 0.407 e. The molecule has 4 nitrogen and oxygen atoms in total. The topological polar surface area (TPSA) is 55.4 Å². The molecule has 1 amide bonds. The molecule has 1 rings (SSSR count).